The highest BCUT2D eigenvalue weighted by molar-refractivity contribution is 5.71. The quantitative estimate of drug-likeness (QED) is 0.0344. The molecule has 0 unspecified atom stereocenters. The third-order valence-electron chi connectivity index (χ3n) is 12.8. The van der Waals surface area contributed by atoms with Gasteiger partial charge in [-0.05, 0) is 25.2 Å². The first kappa shape index (κ1) is 60.4. The fourth-order valence-electron chi connectivity index (χ4n) is 8.57. The van der Waals surface area contributed by atoms with E-state index < -0.39 is 6.10 Å². The van der Waals surface area contributed by atoms with Gasteiger partial charge in [0.2, 0.25) is 0 Å². The van der Waals surface area contributed by atoms with E-state index in [-0.39, 0.29) is 31.1 Å². The first-order valence-corrected chi connectivity index (χ1v) is 27.9. The Hall–Kier alpha value is -1.59. The summed E-state index contributed by atoms with van der Waals surface area (Å²) >= 11 is 0. The fraction of sp³-hybridized carbons (Fsp3) is 0.946. The van der Waals surface area contributed by atoms with Gasteiger partial charge in [-0.2, -0.15) is 0 Å². The van der Waals surface area contributed by atoms with Crippen LogP contribution in [0.5, 0.6) is 0 Å². The van der Waals surface area contributed by atoms with E-state index in [9.17, 15) is 14.4 Å². The van der Waals surface area contributed by atoms with Crippen LogP contribution in [0.15, 0.2) is 0 Å². The average Bonchev–Trinajstić information content (AvgIpc) is 3.26. The van der Waals surface area contributed by atoms with Crippen LogP contribution in [0, 0.1) is 5.92 Å². The molecular weight excluding hydrogens is 769 g/mol. The van der Waals surface area contributed by atoms with Gasteiger partial charge in [-0.25, -0.2) is 0 Å². The molecule has 0 aromatic heterocycles. The maximum Gasteiger partial charge on any atom is 0.306 e. The van der Waals surface area contributed by atoms with Crippen LogP contribution in [0.3, 0.4) is 0 Å². The molecule has 0 aliphatic heterocycles. The standard InChI is InChI=1S/C56H108O6/c1-5-7-9-11-13-15-17-28-31-35-39-43-47-54(57)60-50-53(62-56(59)49-45-41-37-33-26-16-14-12-10-8-6-2)51-61-55(58)48-44-40-36-32-29-25-23-21-19-18-20-22-24-27-30-34-38-42-46-52(3)4/h52-53H,5-51H2,1-4H3/t53-/m1/s1. The summed E-state index contributed by atoms with van der Waals surface area (Å²) < 4.78 is 16.8. The van der Waals surface area contributed by atoms with Crippen molar-refractivity contribution in [1.29, 1.82) is 0 Å². The third kappa shape index (κ3) is 49.4. The molecule has 368 valence electrons. The summed E-state index contributed by atoms with van der Waals surface area (Å²) in [4.78, 5) is 38.0. The summed E-state index contributed by atoms with van der Waals surface area (Å²) in [5.41, 5.74) is 0. The number of ether oxygens (including phenoxy) is 3. The van der Waals surface area contributed by atoms with Gasteiger partial charge in [-0.1, -0.05) is 278 Å². The van der Waals surface area contributed by atoms with Crippen LogP contribution in [0.25, 0.3) is 0 Å². The molecule has 0 radical (unpaired) electrons. The van der Waals surface area contributed by atoms with Gasteiger partial charge < -0.3 is 14.2 Å². The van der Waals surface area contributed by atoms with E-state index in [1.165, 1.54) is 212 Å². The van der Waals surface area contributed by atoms with Crippen molar-refractivity contribution in [3.8, 4) is 0 Å². The topological polar surface area (TPSA) is 78.9 Å². The highest BCUT2D eigenvalue weighted by Gasteiger charge is 2.19. The van der Waals surface area contributed by atoms with E-state index in [1.54, 1.807) is 0 Å². The van der Waals surface area contributed by atoms with Crippen molar-refractivity contribution in [3.63, 3.8) is 0 Å². The highest BCUT2D eigenvalue weighted by Crippen LogP contribution is 2.18. The molecular formula is C56H108O6. The minimum Gasteiger partial charge on any atom is -0.462 e. The smallest absolute Gasteiger partial charge is 0.306 e. The Morgan fingerprint density at radius 1 is 0.306 bits per heavy atom. The lowest BCUT2D eigenvalue weighted by Crippen LogP contribution is -2.30. The second-order valence-corrected chi connectivity index (χ2v) is 19.7. The van der Waals surface area contributed by atoms with Crippen LogP contribution in [-0.2, 0) is 28.6 Å². The van der Waals surface area contributed by atoms with Gasteiger partial charge in [0.1, 0.15) is 13.2 Å². The van der Waals surface area contributed by atoms with Crippen LogP contribution < -0.4 is 0 Å². The molecule has 0 saturated carbocycles. The predicted octanol–water partition coefficient (Wildman–Crippen LogP) is 18.2. The lowest BCUT2D eigenvalue weighted by atomic mass is 10.0. The number of rotatable bonds is 51. The summed E-state index contributed by atoms with van der Waals surface area (Å²) in [5.74, 6) is 0.0191. The summed E-state index contributed by atoms with van der Waals surface area (Å²) in [6.45, 7) is 9.05. The van der Waals surface area contributed by atoms with Gasteiger partial charge in [0.25, 0.3) is 0 Å². The van der Waals surface area contributed by atoms with Crippen LogP contribution in [0.4, 0.5) is 0 Å². The average molecular weight is 877 g/mol. The molecule has 6 nitrogen and oxygen atoms in total. The maximum atomic E-state index is 12.8. The highest BCUT2D eigenvalue weighted by atomic mass is 16.6. The predicted molar refractivity (Wildman–Crippen MR) is 266 cm³/mol. The second-order valence-electron chi connectivity index (χ2n) is 19.7. The first-order chi connectivity index (χ1) is 30.4. The minimum absolute atomic E-state index is 0.0621. The zero-order valence-corrected chi connectivity index (χ0v) is 42.3. The summed E-state index contributed by atoms with van der Waals surface area (Å²) in [6, 6.07) is 0. The Labute approximate surface area is 387 Å². The molecule has 1 atom stereocenters. The number of hydrogen-bond acceptors (Lipinski definition) is 6. The molecule has 0 bridgehead atoms. The molecule has 62 heavy (non-hydrogen) atoms. The van der Waals surface area contributed by atoms with Crippen LogP contribution in [0.2, 0.25) is 0 Å². The van der Waals surface area contributed by atoms with Crippen molar-refractivity contribution in [3.05, 3.63) is 0 Å². The molecule has 0 amide bonds. The Balaban J connectivity index is 4.19. The van der Waals surface area contributed by atoms with Crippen molar-refractivity contribution in [2.24, 2.45) is 5.92 Å². The zero-order chi connectivity index (χ0) is 45.2. The van der Waals surface area contributed by atoms with Crippen molar-refractivity contribution in [2.45, 2.75) is 323 Å². The Kier molecular flexibility index (Phi) is 49.1. The largest absolute Gasteiger partial charge is 0.462 e. The van der Waals surface area contributed by atoms with Gasteiger partial charge in [0.15, 0.2) is 6.10 Å². The molecule has 0 heterocycles. The second kappa shape index (κ2) is 50.4. The van der Waals surface area contributed by atoms with Crippen molar-refractivity contribution < 1.29 is 28.6 Å². The SMILES string of the molecule is CCCCCCCCCCCCCCC(=O)OC[C@H](COC(=O)CCCCCCCCCCCCCCCCCCCCC(C)C)OC(=O)CCCCCCCCCCCCC. The minimum atomic E-state index is -0.760. The Morgan fingerprint density at radius 2 is 0.532 bits per heavy atom. The molecule has 0 aromatic rings. The summed E-state index contributed by atoms with van der Waals surface area (Å²) in [6.07, 6.45) is 53.8. The van der Waals surface area contributed by atoms with Crippen molar-refractivity contribution >= 4 is 17.9 Å². The Morgan fingerprint density at radius 3 is 0.790 bits per heavy atom. The number of carbonyl (C=O) groups excluding carboxylic acids is 3. The van der Waals surface area contributed by atoms with Crippen molar-refractivity contribution in [2.75, 3.05) is 13.2 Å². The molecule has 6 heteroatoms. The van der Waals surface area contributed by atoms with E-state index in [0.29, 0.717) is 19.3 Å². The summed E-state index contributed by atoms with van der Waals surface area (Å²) in [7, 11) is 0. The van der Waals surface area contributed by atoms with Gasteiger partial charge in [0.05, 0.1) is 0 Å². The van der Waals surface area contributed by atoms with E-state index >= 15 is 0 Å². The van der Waals surface area contributed by atoms with Gasteiger partial charge in [0, 0.05) is 19.3 Å². The van der Waals surface area contributed by atoms with Gasteiger partial charge >= 0.3 is 17.9 Å². The van der Waals surface area contributed by atoms with Gasteiger partial charge in [-0.3, -0.25) is 14.4 Å². The monoisotopic (exact) mass is 877 g/mol. The normalized spacial score (nSPS) is 12.0. The fourth-order valence-corrected chi connectivity index (χ4v) is 8.57. The molecule has 0 aromatic carbocycles. The van der Waals surface area contributed by atoms with E-state index in [1.807, 2.05) is 0 Å². The van der Waals surface area contributed by atoms with Crippen molar-refractivity contribution in [1.82, 2.24) is 0 Å². The van der Waals surface area contributed by atoms with E-state index in [0.717, 1.165) is 63.7 Å². The lowest BCUT2D eigenvalue weighted by molar-refractivity contribution is -0.167. The van der Waals surface area contributed by atoms with Crippen LogP contribution >= 0.6 is 0 Å². The number of carbonyl (C=O) groups is 3. The molecule has 0 saturated heterocycles. The zero-order valence-electron chi connectivity index (χ0n) is 42.3. The lowest BCUT2D eigenvalue weighted by Gasteiger charge is -2.18. The molecule has 0 rings (SSSR count). The van der Waals surface area contributed by atoms with E-state index in [4.69, 9.17) is 14.2 Å². The molecule has 0 spiro atoms. The molecule has 0 aliphatic rings. The number of unbranched alkanes of at least 4 members (excludes halogenated alkanes) is 38. The number of hydrogen-bond donors (Lipinski definition) is 0. The van der Waals surface area contributed by atoms with Gasteiger partial charge in [-0.15, -0.1) is 0 Å². The number of esters is 3. The third-order valence-corrected chi connectivity index (χ3v) is 12.8. The van der Waals surface area contributed by atoms with Crippen LogP contribution in [-0.4, -0.2) is 37.2 Å². The first-order valence-electron chi connectivity index (χ1n) is 27.9. The Bertz CT molecular complexity index is 933. The molecule has 0 N–H and O–H groups in total. The summed E-state index contributed by atoms with van der Waals surface area (Å²) in [5, 5.41) is 0. The van der Waals surface area contributed by atoms with Crippen LogP contribution in [0.1, 0.15) is 317 Å². The van der Waals surface area contributed by atoms with E-state index in [2.05, 4.69) is 27.7 Å². The molecule has 0 aliphatic carbocycles. The molecule has 0 fully saturated rings. The maximum absolute atomic E-state index is 12.8.